The number of ketones is 1. The molecule has 0 spiro atoms. The molecule has 0 aliphatic heterocycles. The highest BCUT2D eigenvalue weighted by atomic mass is 79.9. The summed E-state index contributed by atoms with van der Waals surface area (Å²) in [5, 5.41) is 2.10. The quantitative estimate of drug-likeness (QED) is 0.396. The van der Waals surface area contributed by atoms with Gasteiger partial charge in [0.05, 0.1) is 18.4 Å². The Kier molecular flexibility index (Phi) is 6.15. The molecule has 0 amide bonds. The SMILES string of the molecule is COC(=O)CCC(=O)c1cc2cc(CCCBr)c(C)cc2s1. The fraction of sp³-hybridized carbons (Fsp3) is 0.412. The van der Waals surface area contributed by atoms with Gasteiger partial charge < -0.3 is 4.74 Å². The summed E-state index contributed by atoms with van der Waals surface area (Å²) in [6.45, 7) is 2.11. The molecule has 0 atom stereocenters. The van der Waals surface area contributed by atoms with Crippen LogP contribution in [0.15, 0.2) is 18.2 Å². The van der Waals surface area contributed by atoms with Crippen LogP contribution >= 0.6 is 27.3 Å². The minimum absolute atomic E-state index is 0.00580. The van der Waals surface area contributed by atoms with E-state index in [-0.39, 0.29) is 24.6 Å². The summed E-state index contributed by atoms with van der Waals surface area (Å²) in [5.74, 6) is -0.339. The van der Waals surface area contributed by atoms with Crippen LogP contribution in [0.25, 0.3) is 10.1 Å². The molecule has 0 saturated carbocycles. The topological polar surface area (TPSA) is 43.4 Å². The van der Waals surface area contributed by atoms with Crippen LogP contribution in [0.2, 0.25) is 0 Å². The average Bonchev–Trinajstić information content (AvgIpc) is 2.92. The maximum Gasteiger partial charge on any atom is 0.305 e. The molecule has 118 valence electrons. The van der Waals surface area contributed by atoms with E-state index in [1.54, 1.807) is 0 Å². The molecule has 2 aromatic rings. The van der Waals surface area contributed by atoms with Crippen molar-refractivity contribution in [2.75, 3.05) is 12.4 Å². The van der Waals surface area contributed by atoms with E-state index in [2.05, 4.69) is 39.7 Å². The highest BCUT2D eigenvalue weighted by Crippen LogP contribution is 2.30. The number of carbonyl (C=O) groups is 2. The first-order chi connectivity index (χ1) is 10.5. The van der Waals surface area contributed by atoms with E-state index in [0.29, 0.717) is 0 Å². The van der Waals surface area contributed by atoms with Crippen LogP contribution in [0.4, 0.5) is 0 Å². The summed E-state index contributed by atoms with van der Waals surface area (Å²) in [6.07, 6.45) is 2.48. The molecule has 22 heavy (non-hydrogen) atoms. The zero-order valence-corrected chi connectivity index (χ0v) is 15.2. The lowest BCUT2D eigenvalue weighted by Gasteiger charge is -2.04. The summed E-state index contributed by atoms with van der Waals surface area (Å²) in [5.41, 5.74) is 2.60. The van der Waals surface area contributed by atoms with Crippen molar-refractivity contribution in [3.05, 3.63) is 34.2 Å². The summed E-state index contributed by atoms with van der Waals surface area (Å²) in [4.78, 5) is 24.0. The maximum absolute atomic E-state index is 12.2. The van der Waals surface area contributed by atoms with Crippen LogP contribution in [0, 0.1) is 6.92 Å². The van der Waals surface area contributed by atoms with Gasteiger partial charge in [0.2, 0.25) is 0 Å². The predicted octanol–water partition coefficient (Wildman–Crippen LogP) is 4.67. The van der Waals surface area contributed by atoms with Gasteiger partial charge in [-0.3, -0.25) is 9.59 Å². The highest BCUT2D eigenvalue weighted by Gasteiger charge is 2.13. The van der Waals surface area contributed by atoms with Crippen LogP contribution in [0.5, 0.6) is 0 Å². The Morgan fingerprint density at radius 1 is 1.23 bits per heavy atom. The van der Waals surface area contributed by atoms with Crippen molar-refractivity contribution in [2.24, 2.45) is 0 Å². The average molecular weight is 383 g/mol. The Balaban J connectivity index is 2.19. The van der Waals surface area contributed by atoms with Crippen molar-refractivity contribution in [2.45, 2.75) is 32.6 Å². The Morgan fingerprint density at radius 3 is 2.68 bits per heavy atom. The summed E-state index contributed by atoms with van der Waals surface area (Å²) >= 11 is 4.96. The number of methoxy groups -OCH3 is 1. The molecule has 3 nitrogen and oxygen atoms in total. The van der Waals surface area contributed by atoms with Gasteiger partial charge in [-0.05, 0) is 48.4 Å². The Labute approximate surface area is 142 Å². The van der Waals surface area contributed by atoms with Crippen molar-refractivity contribution in [3.8, 4) is 0 Å². The molecular formula is C17H19BrO3S. The third-order valence-electron chi connectivity index (χ3n) is 3.61. The Morgan fingerprint density at radius 2 is 2.00 bits per heavy atom. The fourth-order valence-corrected chi connectivity index (χ4v) is 3.73. The number of carbonyl (C=O) groups excluding carboxylic acids is 2. The first-order valence-corrected chi connectivity index (χ1v) is 9.18. The van der Waals surface area contributed by atoms with Crippen LogP contribution < -0.4 is 0 Å². The first-order valence-electron chi connectivity index (χ1n) is 7.24. The molecule has 0 fully saturated rings. The summed E-state index contributed by atoms with van der Waals surface area (Å²) in [7, 11) is 1.34. The van der Waals surface area contributed by atoms with Gasteiger partial charge in [-0.1, -0.05) is 22.0 Å². The van der Waals surface area contributed by atoms with Crippen molar-refractivity contribution >= 4 is 49.1 Å². The summed E-state index contributed by atoms with van der Waals surface area (Å²) < 4.78 is 5.70. The van der Waals surface area contributed by atoms with E-state index in [0.717, 1.165) is 33.1 Å². The van der Waals surface area contributed by atoms with Gasteiger partial charge in [-0.2, -0.15) is 0 Å². The molecule has 2 rings (SSSR count). The lowest BCUT2D eigenvalue weighted by molar-refractivity contribution is -0.140. The van der Waals surface area contributed by atoms with Crippen molar-refractivity contribution < 1.29 is 14.3 Å². The third-order valence-corrected chi connectivity index (χ3v) is 5.31. The molecule has 0 unspecified atom stereocenters. The number of hydrogen-bond acceptors (Lipinski definition) is 4. The number of ether oxygens (including phenoxy) is 1. The van der Waals surface area contributed by atoms with Crippen LogP contribution in [0.1, 0.15) is 40.1 Å². The van der Waals surface area contributed by atoms with Crippen LogP contribution in [0.3, 0.4) is 0 Å². The van der Waals surface area contributed by atoms with Crippen molar-refractivity contribution in [1.82, 2.24) is 0 Å². The Hall–Kier alpha value is -1.20. The lowest BCUT2D eigenvalue weighted by Crippen LogP contribution is -2.04. The van der Waals surface area contributed by atoms with Crippen molar-refractivity contribution in [1.29, 1.82) is 0 Å². The van der Waals surface area contributed by atoms with Gasteiger partial charge in [0, 0.05) is 16.5 Å². The number of fused-ring (bicyclic) bond motifs is 1. The minimum atomic E-state index is -0.345. The van der Waals surface area contributed by atoms with Gasteiger partial charge in [0.1, 0.15) is 0 Å². The number of hydrogen-bond donors (Lipinski definition) is 0. The van der Waals surface area contributed by atoms with Gasteiger partial charge in [0.15, 0.2) is 5.78 Å². The largest absolute Gasteiger partial charge is 0.469 e. The zero-order chi connectivity index (χ0) is 16.1. The standard InChI is InChI=1S/C17H19BrO3S/c1-11-8-15-13(9-12(11)4-3-7-18)10-16(22-15)14(19)5-6-17(20)21-2/h8-10H,3-7H2,1-2H3. The molecule has 0 saturated heterocycles. The van der Waals surface area contributed by atoms with Gasteiger partial charge in [0.25, 0.3) is 0 Å². The molecule has 1 aromatic carbocycles. The van der Waals surface area contributed by atoms with Gasteiger partial charge in [-0.15, -0.1) is 11.3 Å². The van der Waals surface area contributed by atoms with E-state index in [9.17, 15) is 9.59 Å². The van der Waals surface area contributed by atoms with Crippen LogP contribution in [-0.4, -0.2) is 24.2 Å². The molecule has 1 heterocycles. The smallest absolute Gasteiger partial charge is 0.305 e. The third kappa shape index (κ3) is 4.17. The monoisotopic (exact) mass is 382 g/mol. The number of halogens is 1. The minimum Gasteiger partial charge on any atom is -0.469 e. The summed E-state index contributed by atoms with van der Waals surface area (Å²) in [6, 6.07) is 6.28. The second kappa shape index (κ2) is 7.88. The van der Waals surface area contributed by atoms with Gasteiger partial charge >= 0.3 is 5.97 Å². The second-order valence-electron chi connectivity index (χ2n) is 5.22. The molecule has 0 radical (unpaired) electrons. The zero-order valence-electron chi connectivity index (χ0n) is 12.8. The molecule has 1 aromatic heterocycles. The molecule has 5 heteroatoms. The van der Waals surface area contributed by atoms with E-state index >= 15 is 0 Å². The van der Waals surface area contributed by atoms with Crippen LogP contribution in [-0.2, 0) is 16.0 Å². The molecule has 0 aliphatic rings. The van der Waals surface area contributed by atoms with E-state index in [1.165, 1.54) is 29.6 Å². The highest BCUT2D eigenvalue weighted by molar-refractivity contribution is 9.09. The number of alkyl halides is 1. The first kappa shape index (κ1) is 17.2. The number of benzene rings is 1. The Bertz CT molecular complexity index is 691. The number of rotatable bonds is 7. The number of Topliss-reactive ketones (excluding diaryl/α,β-unsaturated/α-hetero) is 1. The fourth-order valence-electron chi connectivity index (χ4n) is 2.34. The lowest BCUT2D eigenvalue weighted by atomic mass is 10.0. The maximum atomic E-state index is 12.2. The van der Waals surface area contributed by atoms with Crippen molar-refractivity contribution in [3.63, 3.8) is 0 Å². The second-order valence-corrected chi connectivity index (χ2v) is 7.10. The molecule has 0 N–H and O–H groups in total. The van der Waals surface area contributed by atoms with E-state index in [4.69, 9.17) is 0 Å². The number of thiophene rings is 1. The molecular weight excluding hydrogens is 364 g/mol. The van der Waals surface area contributed by atoms with Gasteiger partial charge in [-0.25, -0.2) is 0 Å². The molecule has 0 bridgehead atoms. The normalized spacial score (nSPS) is 10.9. The van der Waals surface area contributed by atoms with E-state index < -0.39 is 0 Å². The number of aryl methyl sites for hydroxylation is 2. The predicted molar refractivity (Wildman–Crippen MR) is 94.3 cm³/mol. The number of esters is 1. The van der Waals surface area contributed by atoms with E-state index in [1.807, 2.05) is 6.07 Å². The molecule has 0 aliphatic carbocycles.